The van der Waals surface area contributed by atoms with Gasteiger partial charge in [0.15, 0.2) is 11.5 Å². The molecule has 1 aliphatic heterocycles. The maximum atomic E-state index is 12.7. The Morgan fingerprint density at radius 3 is 2.96 bits per heavy atom. The van der Waals surface area contributed by atoms with Gasteiger partial charge in [0.25, 0.3) is 5.91 Å². The molecule has 1 unspecified atom stereocenters. The number of aliphatic hydroxyl groups is 1. The zero-order valence-electron chi connectivity index (χ0n) is 15.3. The minimum Gasteiger partial charge on any atom is -0.497 e. The van der Waals surface area contributed by atoms with E-state index in [2.05, 4.69) is 5.32 Å². The summed E-state index contributed by atoms with van der Waals surface area (Å²) in [6, 6.07) is 10.9. The van der Waals surface area contributed by atoms with E-state index in [9.17, 15) is 9.90 Å². The zero-order chi connectivity index (χ0) is 18.9. The number of carbonyl (C=O) groups is 1. The Hall–Kier alpha value is -2.73. The van der Waals surface area contributed by atoms with Crippen LogP contribution in [0, 0.1) is 0 Å². The van der Waals surface area contributed by atoms with Gasteiger partial charge in [-0.3, -0.25) is 4.79 Å². The van der Waals surface area contributed by atoms with Crippen LogP contribution >= 0.6 is 0 Å². The smallest absolute Gasteiger partial charge is 0.255 e. The molecule has 1 heterocycles. The van der Waals surface area contributed by atoms with Gasteiger partial charge in [-0.2, -0.15) is 0 Å². The monoisotopic (exact) mass is 369 g/mol. The number of aryl methyl sites for hydroxylation is 1. The summed E-state index contributed by atoms with van der Waals surface area (Å²) in [4.78, 5) is 12.7. The van der Waals surface area contributed by atoms with Crippen molar-refractivity contribution in [2.75, 3.05) is 26.9 Å². The molecule has 4 rings (SSSR count). The van der Waals surface area contributed by atoms with Gasteiger partial charge >= 0.3 is 0 Å². The average molecular weight is 369 g/mol. The summed E-state index contributed by atoms with van der Waals surface area (Å²) in [6.45, 7) is 1.02. The first-order valence-electron chi connectivity index (χ1n) is 9.17. The van der Waals surface area contributed by atoms with Crippen LogP contribution in [0.5, 0.6) is 17.2 Å². The van der Waals surface area contributed by atoms with Gasteiger partial charge in [0.2, 0.25) is 0 Å². The van der Waals surface area contributed by atoms with Crippen molar-refractivity contribution in [3.8, 4) is 17.2 Å². The molecule has 1 aliphatic carbocycles. The highest BCUT2D eigenvalue weighted by atomic mass is 16.6. The van der Waals surface area contributed by atoms with Gasteiger partial charge in [-0.15, -0.1) is 0 Å². The molecular weight excluding hydrogens is 346 g/mol. The third-order valence-electron chi connectivity index (χ3n) is 5.20. The summed E-state index contributed by atoms with van der Waals surface area (Å²) >= 11 is 0. The molecule has 1 atom stereocenters. The molecule has 2 aromatic carbocycles. The number of carbonyl (C=O) groups excluding carboxylic acids is 1. The predicted octanol–water partition coefficient (Wildman–Crippen LogP) is 2.42. The van der Waals surface area contributed by atoms with Gasteiger partial charge in [0.1, 0.15) is 24.6 Å². The van der Waals surface area contributed by atoms with Crippen molar-refractivity contribution in [3.63, 3.8) is 0 Å². The van der Waals surface area contributed by atoms with Gasteiger partial charge < -0.3 is 24.6 Å². The van der Waals surface area contributed by atoms with Crippen molar-refractivity contribution in [2.24, 2.45) is 0 Å². The number of hydrogen-bond donors (Lipinski definition) is 2. The molecule has 6 heteroatoms. The lowest BCUT2D eigenvalue weighted by Gasteiger charge is -2.35. The predicted molar refractivity (Wildman–Crippen MR) is 99.6 cm³/mol. The molecule has 142 valence electrons. The number of fused-ring (bicyclic) bond motifs is 2. The molecule has 0 fully saturated rings. The van der Waals surface area contributed by atoms with Gasteiger partial charge in [0.05, 0.1) is 19.2 Å². The molecule has 1 amide bonds. The van der Waals surface area contributed by atoms with Crippen molar-refractivity contribution in [3.05, 3.63) is 53.1 Å². The molecule has 2 aliphatic rings. The van der Waals surface area contributed by atoms with E-state index < -0.39 is 5.60 Å². The molecule has 0 saturated carbocycles. The van der Waals surface area contributed by atoms with E-state index in [1.54, 1.807) is 25.3 Å². The molecule has 2 N–H and O–H groups in total. The fraction of sp³-hybridized carbons (Fsp3) is 0.381. The van der Waals surface area contributed by atoms with Crippen LogP contribution in [0.25, 0.3) is 0 Å². The lowest BCUT2D eigenvalue weighted by Crippen LogP contribution is -2.43. The van der Waals surface area contributed by atoms with Crippen LogP contribution in [0.3, 0.4) is 0 Å². The summed E-state index contributed by atoms with van der Waals surface area (Å²) < 4.78 is 16.4. The Balaban J connectivity index is 1.53. The fourth-order valence-corrected chi connectivity index (χ4v) is 3.82. The number of amides is 1. The Bertz CT molecular complexity index is 866. The van der Waals surface area contributed by atoms with E-state index in [1.165, 1.54) is 0 Å². The Labute approximate surface area is 158 Å². The molecular formula is C21H23NO5. The van der Waals surface area contributed by atoms with Crippen molar-refractivity contribution in [1.29, 1.82) is 0 Å². The quantitative estimate of drug-likeness (QED) is 0.866. The SMILES string of the molecule is COc1ccc2c(c1)CCCC2(O)CNC(=O)c1cccc2c1OCCO2. The number of rotatable bonds is 4. The molecule has 27 heavy (non-hydrogen) atoms. The number of nitrogens with one attached hydrogen (secondary N) is 1. The highest BCUT2D eigenvalue weighted by molar-refractivity contribution is 5.97. The standard InChI is InChI=1S/C21H23NO5/c1-25-15-7-8-17-14(12-15)4-3-9-21(17,24)13-22-20(23)16-5-2-6-18-19(16)27-11-10-26-18/h2,5-8,12,24H,3-4,9-11,13H2,1H3,(H,22,23). The van der Waals surface area contributed by atoms with Gasteiger partial charge in [-0.1, -0.05) is 12.1 Å². The van der Waals surface area contributed by atoms with Crippen LogP contribution < -0.4 is 19.5 Å². The highest BCUT2D eigenvalue weighted by Gasteiger charge is 2.35. The van der Waals surface area contributed by atoms with Crippen molar-refractivity contribution >= 4 is 5.91 Å². The van der Waals surface area contributed by atoms with Crippen LogP contribution in [0.1, 0.15) is 34.3 Å². The number of para-hydroxylation sites is 1. The second kappa shape index (κ2) is 7.12. The van der Waals surface area contributed by atoms with Crippen molar-refractivity contribution in [2.45, 2.75) is 24.9 Å². The number of hydrogen-bond acceptors (Lipinski definition) is 5. The van der Waals surface area contributed by atoms with E-state index in [0.29, 0.717) is 36.7 Å². The van der Waals surface area contributed by atoms with Crippen molar-refractivity contribution < 1.29 is 24.1 Å². The summed E-state index contributed by atoms with van der Waals surface area (Å²) in [5.74, 6) is 1.52. The molecule has 0 spiro atoms. The maximum absolute atomic E-state index is 12.7. The Kier molecular flexibility index (Phi) is 4.66. The fourth-order valence-electron chi connectivity index (χ4n) is 3.82. The van der Waals surface area contributed by atoms with E-state index >= 15 is 0 Å². The number of methoxy groups -OCH3 is 1. The van der Waals surface area contributed by atoms with Crippen LogP contribution in [0.4, 0.5) is 0 Å². The van der Waals surface area contributed by atoms with E-state index in [4.69, 9.17) is 14.2 Å². The van der Waals surface area contributed by atoms with Gasteiger partial charge in [0, 0.05) is 0 Å². The summed E-state index contributed by atoms with van der Waals surface area (Å²) in [6.07, 6.45) is 2.34. The molecule has 6 nitrogen and oxygen atoms in total. The van der Waals surface area contributed by atoms with Gasteiger partial charge in [-0.05, 0) is 54.7 Å². The van der Waals surface area contributed by atoms with E-state index in [1.807, 2.05) is 18.2 Å². The third-order valence-corrected chi connectivity index (χ3v) is 5.20. The minimum absolute atomic E-state index is 0.135. The zero-order valence-corrected chi connectivity index (χ0v) is 15.3. The summed E-state index contributed by atoms with van der Waals surface area (Å²) in [5, 5.41) is 14.1. The summed E-state index contributed by atoms with van der Waals surface area (Å²) in [7, 11) is 1.63. The molecule has 0 saturated heterocycles. The second-order valence-corrected chi connectivity index (χ2v) is 6.92. The first-order valence-corrected chi connectivity index (χ1v) is 9.17. The van der Waals surface area contributed by atoms with Crippen molar-refractivity contribution in [1.82, 2.24) is 5.32 Å². The average Bonchev–Trinajstić information content (AvgIpc) is 2.71. The van der Waals surface area contributed by atoms with E-state index in [0.717, 1.165) is 29.7 Å². The Morgan fingerprint density at radius 2 is 2.11 bits per heavy atom. The minimum atomic E-state index is -1.10. The molecule has 0 bridgehead atoms. The van der Waals surface area contributed by atoms with Crippen LogP contribution in [-0.4, -0.2) is 37.9 Å². The second-order valence-electron chi connectivity index (χ2n) is 6.92. The summed E-state index contributed by atoms with van der Waals surface area (Å²) in [5.41, 5.74) is 1.24. The third kappa shape index (κ3) is 3.32. The normalized spacial score (nSPS) is 20.5. The lowest BCUT2D eigenvalue weighted by atomic mass is 9.79. The Morgan fingerprint density at radius 1 is 1.26 bits per heavy atom. The van der Waals surface area contributed by atoms with E-state index in [-0.39, 0.29) is 12.5 Å². The van der Waals surface area contributed by atoms with Crippen LogP contribution in [0.2, 0.25) is 0 Å². The first-order chi connectivity index (χ1) is 13.1. The maximum Gasteiger partial charge on any atom is 0.255 e. The van der Waals surface area contributed by atoms with Crippen LogP contribution in [-0.2, 0) is 12.0 Å². The number of benzene rings is 2. The largest absolute Gasteiger partial charge is 0.497 e. The number of ether oxygens (including phenoxy) is 3. The van der Waals surface area contributed by atoms with Gasteiger partial charge in [-0.25, -0.2) is 0 Å². The lowest BCUT2D eigenvalue weighted by molar-refractivity contribution is 0.0188. The first kappa shape index (κ1) is 17.7. The van der Waals surface area contributed by atoms with Crippen LogP contribution in [0.15, 0.2) is 36.4 Å². The molecule has 0 aromatic heterocycles. The molecule has 2 aromatic rings. The molecule has 0 radical (unpaired) electrons. The topological polar surface area (TPSA) is 77.0 Å². The highest BCUT2D eigenvalue weighted by Crippen LogP contribution is 2.37.